The van der Waals surface area contributed by atoms with Gasteiger partial charge in [0.1, 0.15) is 0 Å². The van der Waals surface area contributed by atoms with Crippen molar-refractivity contribution in [3.8, 4) is 0 Å². The fourth-order valence-electron chi connectivity index (χ4n) is 4.81. The smallest absolute Gasteiger partial charge is 0.0350 e. The van der Waals surface area contributed by atoms with Crippen LogP contribution >= 0.6 is 0 Å². The Balaban J connectivity index is 1.33. The molecule has 23 heavy (non-hydrogen) atoms. The maximum absolute atomic E-state index is 2.78. The molecule has 0 N–H and O–H groups in total. The van der Waals surface area contributed by atoms with E-state index in [1.807, 2.05) is 0 Å². The predicted molar refractivity (Wildman–Crippen MR) is 98.8 cm³/mol. The minimum Gasteiger partial charge on any atom is -0.303 e. The lowest BCUT2D eigenvalue weighted by Gasteiger charge is -2.49. The zero-order valence-electron chi connectivity index (χ0n) is 16.0. The van der Waals surface area contributed by atoms with E-state index >= 15 is 0 Å². The third kappa shape index (κ3) is 4.49. The highest BCUT2D eigenvalue weighted by molar-refractivity contribution is 4.91. The molecule has 3 nitrogen and oxygen atoms in total. The maximum atomic E-state index is 2.78. The second-order valence-corrected chi connectivity index (χ2v) is 9.06. The molecule has 134 valence electrons. The van der Waals surface area contributed by atoms with Crippen LogP contribution in [-0.2, 0) is 0 Å². The van der Waals surface area contributed by atoms with Gasteiger partial charge < -0.3 is 4.90 Å². The molecule has 0 unspecified atom stereocenters. The summed E-state index contributed by atoms with van der Waals surface area (Å²) in [4.78, 5) is 8.15. The van der Waals surface area contributed by atoms with Gasteiger partial charge >= 0.3 is 0 Å². The third-order valence-corrected chi connectivity index (χ3v) is 6.88. The first kappa shape index (κ1) is 17.7. The van der Waals surface area contributed by atoms with Crippen molar-refractivity contribution in [1.29, 1.82) is 0 Å². The highest BCUT2D eigenvalue weighted by Gasteiger charge is 2.35. The summed E-state index contributed by atoms with van der Waals surface area (Å²) < 4.78 is 0. The van der Waals surface area contributed by atoms with Crippen LogP contribution < -0.4 is 0 Å². The molecule has 3 aliphatic rings. The molecule has 3 fully saturated rings. The fourth-order valence-corrected chi connectivity index (χ4v) is 4.81. The Bertz CT molecular complexity index is 346. The second-order valence-electron chi connectivity index (χ2n) is 9.06. The van der Waals surface area contributed by atoms with Crippen molar-refractivity contribution in [2.45, 2.75) is 65.5 Å². The first-order chi connectivity index (χ1) is 11.0. The molecular weight excluding hydrogens is 282 g/mol. The largest absolute Gasteiger partial charge is 0.303 e. The zero-order chi connectivity index (χ0) is 16.4. The van der Waals surface area contributed by atoms with Crippen LogP contribution in [0.4, 0.5) is 0 Å². The highest BCUT2D eigenvalue weighted by Crippen LogP contribution is 2.28. The Morgan fingerprint density at radius 3 is 1.96 bits per heavy atom. The van der Waals surface area contributed by atoms with E-state index in [9.17, 15) is 0 Å². The molecular formula is C20H39N3. The van der Waals surface area contributed by atoms with E-state index in [2.05, 4.69) is 42.4 Å². The molecule has 0 saturated carbocycles. The zero-order valence-corrected chi connectivity index (χ0v) is 16.0. The molecule has 3 heterocycles. The maximum Gasteiger partial charge on any atom is 0.0350 e. The summed E-state index contributed by atoms with van der Waals surface area (Å²) in [5.74, 6) is 2.83. The van der Waals surface area contributed by atoms with Crippen LogP contribution in [0.25, 0.3) is 0 Å². The summed E-state index contributed by atoms with van der Waals surface area (Å²) >= 11 is 0. The second kappa shape index (κ2) is 7.84. The van der Waals surface area contributed by atoms with Crippen molar-refractivity contribution in [3.05, 3.63) is 0 Å². The van der Waals surface area contributed by atoms with Gasteiger partial charge in [-0.25, -0.2) is 0 Å². The van der Waals surface area contributed by atoms with E-state index in [1.54, 1.807) is 0 Å². The molecule has 0 amide bonds. The number of likely N-dealkylation sites (tertiary alicyclic amines) is 3. The Morgan fingerprint density at radius 1 is 0.826 bits per heavy atom. The number of hydrogen-bond acceptors (Lipinski definition) is 3. The van der Waals surface area contributed by atoms with E-state index in [0.717, 1.165) is 29.8 Å². The molecule has 0 bridgehead atoms. The molecule has 0 aromatic carbocycles. The van der Waals surface area contributed by atoms with Gasteiger partial charge in [-0.1, -0.05) is 13.8 Å². The van der Waals surface area contributed by atoms with Crippen molar-refractivity contribution in [2.24, 2.45) is 17.8 Å². The van der Waals surface area contributed by atoms with Crippen molar-refractivity contribution < 1.29 is 0 Å². The lowest BCUT2D eigenvalue weighted by molar-refractivity contribution is -0.00577. The monoisotopic (exact) mass is 321 g/mol. The van der Waals surface area contributed by atoms with Crippen molar-refractivity contribution in [2.75, 3.05) is 45.8 Å². The standard InChI is InChI=1S/C20H39N3/c1-16(2)19-7-9-21(10-8-19)13-18-5-11-22(12-6-18)20-14-23(15-20)17(3)4/h16-20H,5-15H2,1-4H3. The summed E-state index contributed by atoms with van der Waals surface area (Å²) in [5.41, 5.74) is 0. The Hall–Kier alpha value is -0.120. The quantitative estimate of drug-likeness (QED) is 0.770. The molecule has 0 spiro atoms. The van der Waals surface area contributed by atoms with Crippen LogP contribution in [0, 0.1) is 17.8 Å². The Morgan fingerprint density at radius 2 is 1.43 bits per heavy atom. The lowest BCUT2D eigenvalue weighted by atomic mass is 9.86. The first-order valence-corrected chi connectivity index (χ1v) is 10.2. The highest BCUT2D eigenvalue weighted by atomic mass is 15.3. The SMILES string of the molecule is CC(C)C1CCN(CC2CCN(C3CN(C(C)C)C3)CC2)CC1. The normalized spacial score (nSPS) is 27.9. The van der Waals surface area contributed by atoms with Gasteiger partial charge in [0.25, 0.3) is 0 Å². The predicted octanol–water partition coefficient (Wildman–Crippen LogP) is 3.16. The Labute approximate surface area is 144 Å². The number of piperidine rings is 2. The van der Waals surface area contributed by atoms with Crippen LogP contribution in [0.1, 0.15) is 53.4 Å². The summed E-state index contributed by atoms with van der Waals surface area (Å²) in [7, 11) is 0. The molecule has 0 radical (unpaired) electrons. The van der Waals surface area contributed by atoms with Crippen molar-refractivity contribution >= 4 is 0 Å². The molecule has 3 saturated heterocycles. The van der Waals surface area contributed by atoms with Gasteiger partial charge in [-0.3, -0.25) is 9.80 Å². The van der Waals surface area contributed by atoms with E-state index in [4.69, 9.17) is 0 Å². The molecule has 3 heteroatoms. The number of hydrogen-bond donors (Lipinski definition) is 0. The average Bonchev–Trinajstić information content (AvgIpc) is 2.47. The van der Waals surface area contributed by atoms with Gasteiger partial charge in [0.05, 0.1) is 0 Å². The topological polar surface area (TPSA) is 9.72 Å². The molecule has 3 aliphatic heterocycles. The van der Waals surface area contributed by atoms with Gasteiger partial charge in [-0.05, 0) is 83.5 Å². The first-order valence-electron chi connectivity index (χ1n) is 10.2. The van der Waals surface area contributed by atoms with E-state index in [0.29, 0.717) is 0 Å². The van der Waals surface area contributed by atoms with Crippen molar-refractivity contribution in [1.82, 2.24) is 14.7 Å². The van der Waals surface area contributed by atoms with Crippen LogP contribution in [0.3, 0.4) is 0 Å². The van der Waals surface area contributed by atoms with Gasteiger partial charge in [-0.2, -0.15) is 0 Å². The average molecular weight is 322 g/mol. The molecule has 0 atom stereocenters. The third-order valence-electron chi connectivity index (χ3n) is 6.88. The summed E-state index contributed by atoms with van der Waals surface area (Å²) in [6.45, 7) is 18.9. The summed E-state index contributed by atoms with van der Waals surface area (Å²) in [6, 6.07) is 1.60. The molecule has 0 aromatic rings. The van der Waals surface area contributed by atoms with Gasteiger partial charge in [0.15, 0.2) is 0 Å². The van der Waals surface area contributed by atoms with Crippen LogP contribution in [0.15, 0.2) is 0 Å². The minimum atomic E-state index is 0.734. The van der Waals surface area contributed by atoms with E-state index in [-0.39, 0.29) is 0 Å². The fraction of sp³-hybridized carbons (Fsp3) is 1.00. The molecule has 0 aliphatic carbocycles. The van der Waals surface area contributed by atoms with E-state index < -0.39 is 0 Å². The lowest BCUT2D eigenvalue weighted by Crippen LogP contribution is -2.62. The van der Waals surface area contributed by atoms with Crippen molar-refractivity contribution in [3.63, 3.8) is 0 Å². The number of rotatable bonds is 5. The summed E-state index contributed by atoms with van der Waals surface area (Å²) in [6.07, 6.45) is 5.73. The molecule has 3 rings (SSSR count). The molecule has 0 aromatic heterocycles. The number of nitrogens with zero attached hydrogens (tertiary/aromatic N) is 3. The Kier molecular flexibility index (Phi) is 6.03. The van der Waals surface area contributed by atoms with Gasteiger partial charge in [-0.15, -0.1) is 0 Å². The van der Waals surface area contributed by atoms with Crippen LogP contribution in [0.2, 0.25) is 0 Å². The van der Waals surface area contributed by atoms with Gasteiger partial charge in [0, 0.05) is 31.7 Å². The van der Waals surface area contributed by atoms with Gasteiger partial charge in [0.2, 0.25) is 0 Å². The van der Waals surface area contributed by atoms with Crippen LogP contribution in [-0.4, -0.2) is 72.6 Å². The van der Waals surface area contributed by atoms with Crippen LogP contribution in [0.5, 0.6) is 0 Å². The van der Waals surface area contributed by atoms with E-state index in [1.165, 1.54) is 71.5 Å². The minimum absolute atomic E-state index is 0.734. The summed E-state index contributed by atoms with van der Waals surface area (Å²) in [5, 5.41) is 0.